The molecule has 82 valence electrons. The van der Waals surface area contributed by atoms with Crippen LogP contribution in [0.4, 0.5) is 10.3 Å². The fourth-order valence-corrected chi connectivity index (χ4v) is 1.15. The van der Waals surface area contributed by atoms with E-state index in [1.165, 1.54) is 4.90 Å². The molecule has 1 aromatic heterocycles. The summed E-state index contributed by atoms with van der Waals surface area (Å²) in [6, 6.07) is 0. The fourth-order valence-electron chi connectivity index (χ4n) is 1.15. The fraction of sp³-hybridized carbons (Fsp3) is 0.444. The van der Waals surface area contributed by atoms with Gasteiger partial charge in [-0.2, -0.15) is 0 Å². The lowest BCUT2D eigenvalue weighted by atomic mass is 10.4. The van der Waals surface area contributed by atoms with Gasteiger partial charge in [-0.15, -0.1) is 0 Å². The van der Waals surface area contributed by atoms with E-state index in [0.717, 1.165) is 18.8 Å². The first-order chi connectivity index (χ1) is 7.13. The van der Waals surface area contributed by atoms with Crippen molar-refractivity contribution in [1.82, 2.24) is 9.97 Å². The molecule has 0 saturated carbocycles. The average Bonchev–Trinajstić information content (AvgIpc) is 2.17. The van der Waals surface area contributed by atoms with Crippen molar-refractivity contribution < 1.29 is 14.3 Å². The smallest absolute Gasteiger partial charge is 0.323 e. The molecular formula is C9H12FN3O2. The van der Waals surface area contributed by atoms with Crippen LogP contribution >= 0.6 is 0 Å². The highest BCUT2D eigenvalue weighted by Gasteiger charge is 2.12. The van der Waals surface area contributed by atoms with Crippen molar-refractivity contribution in [2.24, 2.45) is 0 Å². The second-order valence-corrected chi connectivity index (χ2v) is 3.02. The molecule has 0 spiro atoms. The zero-order chi connectivity index (χ0) is 11.3. The molecule has 0 aromatic carbocycles. The minimum atomic E-state index is -0.962. The Morgan fingerprint density at radius 2 is 2.13 bits per heavy atom. The van der Waals surface area contributed by atoms with Gasteiger partial charge in [0.05, 0.1) is 12.4 Å². The third-order valence-electron chi connectivity index (χ3n) is 1.71. The van der Waals surface area contributed by atoms with E-state index >= 15 is 0 Å². The van der Waals surface area contributed by atoms with E-state index in [1.54, 1.807) is 0 Å². The van der Waals surface area contributed by atoms with E-state index in [4.69, 9.17) is 5.11 Å². The lowest BCUT2D eigenvalue weighted by Gasteiger charge is -2.18. The first-order valence-corrected chi connectivity index (χ1v) is 4.57. The summed E-state index contributed by atoms with van der Waals surface area (Å²) in [6.07, 6.45) is 2.81. The molecule has 15 heavy (non-hydrogen) atoms. The Morgan fingerprint density at radius 3 is 2.60 bits per heavy atom. The van der Waals surface area contributed by atoms with Crippen molar-refractivity contribution in [1.29, 1.82) is 0 Å². The number of carbonyl (C=O) groups is 1. The van der Waals surface area contributed by atoms with Crippen molar-refractivity contribution in [2.45, 2.75) is 13.3 Å². The molecule has 1 rings (SSSR count). The molecule has 0 fully saturated rings. The average molecular weight is 213 g/mol. The molecule has 0 radical (unpaired) electrons. The second-order valence-electron chi connectivity index (χ2n) is 3.02. The highest BCUT2D eigenvalue weighted by Crippen LogP contribution is 2.06. The van der Waals surface area contributed by atoms with Gasteiger partial charge in [0.2, 0.25) is 5.95 Å². The summed E-state index contributed by atoms with van der Waals surface area (Å²) < 4.78 is 12.5. The number of hydrogen-bond acceptors (Lipinski definition) is 4. The Balaban J connectivity index is 2.78. The maximum atomic E-state index is 12.5. The summed E-state index contributed by atoms with van der Waals surface area (Å²) in [5.41, 5.74) is 0. The Kier molecular flexibility index (Phi) is 3.96. The SMILES string of the molecule is CCCN(CC(=O)O)c1ncc(F)cn1. The van der Waals surface area contributed by atoms with Gasteiger partial charge in [-0.3, -0.25) is 4.79 Å². The van der Waals surface area contributed by atoms with Crippen LogP contribution in [0.15, 0.2) is 12.4 Å². The van der Waals surface area contributed by atoms with Crippen molar-refractivity contribution in [2.75, 3.05) is 18.0 Å². The third kappa shape index (κ3) is 3.49. The zero-order valence-electron chi connectivity index (χ0n) is 8.35. The molecule has 0 unspecified atom stereocenters. The highest BCUT2D eigenvalue weighted by atomic mass is 19.1. The van der Waals surface area contributed by atoms with Gasteiger partial charge in [0, 0.05) is 6.54 Å². The molecule has 0 aliphatic heterocycles. The molecule has 0 bridgehead atoms. The summed E-state index contributed by atoms with van der Waals surface area (Å²) in [4.78, 5) is 19.5. The van der Waals surface area contributed by atoms with Gasteiger partial charge >= 0.3 is 5.97 Å². The molecular weight excluding hydrogens is 201 g/mol. The minimum absolute atomic E-state index is 0.181. The monoisotopic (exact) mass is 213 g/mol. The van der Waals surface area contributed by atoms with Crippen LogP contribution < -0.4 is 4.90 Å². The lowest BCUT2D eigenvalue weighted by Crippen LogP contribution is -2.31. The third-order valence-corrected chi connectivity index (χ3v) is 1.71. The second kappa shape index (κ2) is 5.23. The summed E-state index contributed by atoms with van der Waals surface area (Å²) in [7, 11) is 0. The summed E-state index contributed by atoms with van der Waals surface area (Å²) in [5, 5.41) is 8.66. The van der Waals surface area contributed by atoms with Crippen LogP contribution in [0.2, 0.25) is 0 Å². The molecule has 1 heterocycles. The molecule has 0 saturated heterocycles. The number of rotatable bonds is 5. The Hall–Kier alpha value is -1.72. The van der Waals surface area contributed by atoms with Gasteiger partial charge in [-0.05, 0) is 6.42 Å². The number of halogens is 1. The highest BCUT2D eigenvalue weighted by molar-refractivity contribution is 5.72. The van der Waals surface area contributed by atoms with E-state index in [-0.39, 0.29) is 12.5 Å². The van der Waals surface area contributed by atoms with Crippen molar-refractivity contribution in [3.05, 3.63) is 18.2 Å². The van der Waals surface area contributed by atoms with Crippen LogP contribution in [0, 0.1) is 5.82 Å². The number of aliphatic carboxylic acids is 1. The summed E-state index contributed by atoms with van der Waals surface area (Å²) in [6.45, 7) is 2.26. The van der Waals surface area contributed by atoms with Gasteiger partial charge in [0.1, 0.15) is 6.54 Å². The van der Waals surface area contributed by atoms with E-state index in [9.17, 15) is 9.18 Å². The van der Waals surface area contributed by atoms with E-state index in [2.05, 4.69) is 9.97 Å². The van der Waals surface area contributed by atoms with Crippen molar-refractivity contribution >= 4 is 11.9 Å². The number of carboxylic acid groups (broad SMARTS) is 1. The summed E-state index contributed by atoms with van der Waals surface area (Å²) in [5.74, 6) is -1.26. The quantitative estimate of drug-likeness (QED) is 0.787. The zero-order valence-corrected chi connectivity index (χ0v) is 8.35. The number of nitrogens with zero attached hydrogens (tertiary/aromatic N) is 3. The molecule has 1 N–H and O–H groups in total. The van der Waals surface area contributed by atoms with E-state index in [0.29, 0.717) is 6.54 Å². The van der Waals surface area contributed by atoms with Gasteiger partial charge in [0.25, 0.3) is 0 Å². The van der Waals surface area contributed by atoms with Gasteiger partial charge in [0.15, 0.2) is 5.82 Å². The van der Waals surface area contributed by atoms with E-state index in [1.807, 2.05) is 6.92 Å². The minimum Gasteiger partial charge on any atom is -0.480 e. The maximum absolute atomic E-state index is 12.5. The van der Waals surface area contributed by atoms with Crippen molar-refractivity contribution in [3.8, 4) is 0 Å². The van der Waals surface area contributed by atoms with E-state index < -0.39 is 11.8 Å². The predicted molar refractivity (Wildman–Crippen MR) is 52.1 cm³/mol. The number of aromatic nitrogens is 2. The molecule has 1 aromatic rings. The molecule has 6 heteroatoms. The molecule has 0 amide bonds. The normalized spacial score (nSPS) is 10.0. The van der Waals surface area contributed by atoms with Crippen molar-refractivity contribution in [3.63, 3.8) is 0 Å². The number of anilines is 1. The van der Waals surface area contributed by atoms with Gasteiger partial charge < -0.3 is 10.0 Å². The molecule has 0 aliphatic rings. The standard InChI is InChI=1S/C9H12FN3O2/c1-2-3-13(6-8(14)15)9-11-4-7(10)5-12-9/h4-5H,2-3,6H2,1H3,(H,14,15). The molecule has 0 atom stereocenters. The van der Waals surface area contributed by atoms with Crippen LogP contribution in [0.3, 0.4) is 0 Å². The first kappa shape index (κ1) is 11.4. The van der Waals surface area contributed by atoms with Crippen LogP contribution in [-0.4, -0.2) is 34.1 Å². The Bertz CT molecular complexity index is 329. The van der Waals surface area contributed by atoms with Crippen LogP contribution in [0.1, 0.15) is 13.3 Å². The largest absolute Gasteiger partial charge is 0.480 e. The van der Waals surface area contributed by atoms with Crippen LogP contribution in [0.25, 0.3) is 0 Å². The lowest BCUT2D eigenvalue weighted by molar-refractivity contribution is -0.135. The summed E-state index contributed by atoms with van der Waals surface area (Å²) >= 11 is 0. The molecule has 5 nitrogen and oxygen atoms in total. The van der Waals surface area contributed by atoms with Gasteiger partial charge in [-0.25, -0.2) is 14.4 Å². The maximum Gasteiger partial charge on any atom is 0.323 e. The van der Waals surface area contributed by atoms with Crippen LogP contribution in [0.5, 0.6) is 0 Å². The topological polar surface area (TPSA) is 66.3 Å². The van der Waals surface area contributed by atoms with Crippen LogP contribution in [-0.2, 0) is 4.79 Å². The first-order valence-electron chi connectivity index (χ1n) is 4.57. The number of hydrogen-bond donors (Lipinski definition) is 1. The number of carboxylic acids is 1. The van der Waals surface area contributed by atoms with Gasteiger partial charge in [-0.1, -0.05) is 6.92 Å². The molecule has 0 aliphatic carbocycles. The Morgan fingerprint density at radius 1 is 1.53 bits per heavy atom. The Labute approximate surface area is 86.6 Å². The predicted octanol–water partition coefficient (Wildman–Crippen LogP) is 0.917.